The van der Waals surface area contributed by atoms with E-state index in [-0.39, 0.29) is 6.04 Å². The quantitative estimate of drug-likeness (QED) is 0.903. The van der Waals surface area contributed by atoms with Crippen molar-refractivity contribution in [3.8, 4) is 11.1 Å². The second-order valence-electron chi connectivity index (χ2n) is 5.53. The maximum absolute atomic E-state index is 11.1. The molecule has 2 N–H and O–H groups in total. The molecule has 1 fully saturated rings. The Kier molecular flexibility index (Phi) is 4.02. The molecule has 1 aliphatic heterocycles. The lowest BCUT2D eigenvalue weighted by Crippen LogP contribution is -2.42. The van der Waals surface area contributed by atoms with E-state index in [1.807, 2.05) is 18.2 Å². The van der Waals surface area contributed by atoms with Crippen molar-refractivity contribution in [1.29, 1.82) is 0 Å². The molecule has 0 saturated carbocycles. The van der Waals surface area contributed by atoms with Gasteiger partial charge in [-0.25, -0.2) is 0 Å². The summed E-state index contributed by atoms with van der Waals surface area (Å²) >= 11 is 0. The second-order valence-corrected chi connectivity index (χ2v) is 5.53. The second kappa shape index (κ2) is 6.10. The minimum Gasteiger partial charge on any atom is -0.480 e. The molecule has 0 aromatic heterocycles. The first-order chi connectivity index (χ1) is 10.2. The van der Waals surface area contributed by atoms with Crippen LogP contribution in [-0.2, 0) is 4.79 Å². The van der Waals surface area contributed by atoms with Gasteiger partial charge in [0.05, 0.1) is 0 Å². The summed E-state index contributed by atoms with van der Waals surface area (Å²) in [6.45, 7) is 0. The summed E-state index contributed by atoms with van der Waals surface area (Å²) in [5.41, 5.74) is 3.55. The predicted molar refractivity (Wildman–Crippen MR) is 83.0 cm³/mol. The van der Waals surface area contributed by atoms with Crippen molar-refractivity contribution in [2.45, 2.75) is 31.3 Å². The fraction of sp³-hybridized carbons (Fsp3) is 0.278. The highest BCUT2D eigenvalue weighted by atomic mass is 16.4. The van der Waals surface area contributed by atoms with Crippen LogP contribution in [0.1, 0.15) is 30.9 Å². The molecule has 0 amide bonds. The maximum Gasteiger partial charge on any atom is 0.320 e. The molecule has 1 heterocycles. The summed E-state index contributed by atoms with van der Waals surface area (Å²) in [6.07, 6.45) is 2.66. The molecule has 2 aromatic carbocycles. The van der Waals surface area contributed by atoms with Crippen LogP contribution < -0.4 is 5.32 Å². The van der Waals surface area contributed by atoms with Crippen molar-refractivity contribution in [2.75, 3.05) is 0 Å². The number of benzene rings is 2. The molecule has 1 aliphatic rings. The molecule has 3 heteroatoms. The molecular weight excluding hydrogens is 262 g/mol. The van der Waals surface area contributed by atoms with E-state index >= 15 is 0 Å². The largest absolute Gasteiger partial charge is 0.480 e. The van der Waals surface area contributed by atoms with Gasteiger partial charge in [0, 0.05) is 6.04 Å². The van der Waals surface area contributed by atoms with Crippen LogP contribution in [0.5, 0.6) is 0 Å². The predicted octanol–water partition coefficient (Wildman–Crippen LogP) is 3.62. The molecule has 0 bridgehead atoms. The van der Waals surface area contributed by atoms with Crippen LogP contribution in [0.15, 0.2) is 54.6 Å². The van der Waals surface area contributed by atoms with Crippen LogP contribution in [-0.4, -0.2) is 17.1 Å². The van der Waals surface area contributed by atoms with E-state index in [1.165, 1.54) is 16.7 Å². The molecule has 108 valence electrons. The third kappa shape index (κ3) is 3.14. The van der Waals surface area contributed by atoms with Crippen molar-refractivity contribution in [1.82, 2.24) is 5.32 Å². The number of hydrogen-bond acceptors (Lipinski definition) is 2. The van der Waals surface area contributed by atoms with Crippen molar-refractivity contribution in [3.63, 3.8) is 0 Å². The van der Waals surface area contributed by atoms with Crippen molar-refractivity contribution in [2.24, 2.45) is 0 Å². The van der Waals surface area contributed by atoms with Gasteiger partial charge >= 0.3 is 5.97 Å². The van der Waals surface area contributed by atoms with Crippen molar-refractivity contribution in [3.05, 3.63) is 60.2 Å². The normalized spacial score (nSPS) is 21.9. The van der Waals surface area contributed by atoms with Gasteiger partial charge in [0.1, 0.15) is 6.04 Å². The van der Waals surface area contributed by atoms with E-state index in [2.05, 4.69) is 41.7 Å². The van der Waals surface area contributed by atoms with Crippen LogP contribution in [0, 0.1) is 0 Å². The molecule has 21 heavy (non-hydrogen) atoms. The van der Waals surface area contributed by atoms with Gasteiger partial charge in [-0.15, -0.1) is 0 Å². The van der Waals surface area contributed by atoms with Crippen LogP contribution >= 0.6 is 0 Å². The van der Waals surface area contributed by atoms with Crippen molar-refractivity contribution >= 4 is 5.97 Å². The lowest BCUT2D eigenvalue weighted by atomic mass is 9.92. The number of piperidine rings is 1. The lowest BCUT2D eigenvalue weighted by molar-refractivity contribution is -0.140. The van der Waals surface area contributed by atoms with E-state index in [9.17, 15) is 4.79 Å². The van der Waals surface area contributed by atoms with Crippen molar-refractivity contribution < 1.29 is 9.90 Å². The zero-order chi connectivity index (χ0) is 14.7. The first kappa shape index (κ1) is 13.8. The molecule has 2 atom stereocenters. The van der Waals surface area contributed by atoms with Gasteiger partial charge in [0.25, 0.3) is 0 Å². The minimum atomic E-state index is -0.749. The third-order valence-electron chi connectivity index (χ3n) is 4.11. The molecule has 2 aromatic rings. The fourth-order valence-corrected chi connectivity index (χ4v) is 2.93. The summed E-state index contributed by atoms with van der Waals surface area (Å²) in [5.74, 6) is -0.749. The van der Waals surface area contributed by atoms with E-state index in [1.54, 1.807) is 0 Å². The smallest absolute Gasteiger partial charge is 0.320 e. The summed E-state index contributed by atoms with van der Waals surface area (Å²) in [4.78, 5) is 11.1. The molecule has 0 spiro atoms. The molecule has 1 saturated heterocycles. The SMILES string of the molecule is O=C(O)C1CCCC(c2ccc(-c3ccccc3)cc2)N1. The molecule has 0 aliphatic carbocycles. The summed E-state index contributed by atoms with van der Waals surface area (Å²) < 4.78 is 0. The molecule has 3 rings (SSSR count). The number of aliphatic carboxylic acids is 1. The van der Waals surface area contributed by atoms with Gasteiger partial charge in [-0.2, -0.15) is 0 Å². The van der Waals surface area contributed by atoms with Crippen LogP contribution in [0.2, 0.25) is 0 Å². The molecule has 2 unspecified atom stereocenters. The number of nitrogens with one attached hydrogen (secondary N) is 1. The number of carbonyl (C=O) groups is 1. The van der Waals surface area contributed by atoms with E-state index in [0.717, 1.165) is 12.8 Å². The van der Waals surface area contributed by atoms with Gasteiger partial charge in [-0.3, -0.25) is 10.1 Å². The summed E-state index contributed by atoms with van der Waals surface area (Å²) in [7, 11) is 0. The van der Waals surface area contributed by atoms with Crippen LogP contribution in [0.4, 0.5) is 0 Å². The Labute approximate surface area is 124 Å². The third-order valence-corrected chi connectivity index (χ3v) is 4.11. The van der Waals surface area contributed by atoms with Gasteiger partial charge < -0.3 is 5.11 Å². The summed E-state index contributed by atoms with van der Waals surface area (Å²) in [6, 6.07) is 18.4. The lowest BCUT2D eigenvalue weighted by Gasteiger charge is -2.29. The summed E-state index contributed by atoms with van der Waals surface area (Å²) in [5, 5.41) is 12.4. The Bertz CT molecular complexity index is 607. The monoisotopic (exact) mass is 281 g/mol. The van der Waals surface area contributed by atoms with Gasteiger partial charge in [0.2, 0.25) is 0 Å². The Morgan fingerprint density at radius 3 is 2.29 bits per heavy atom. The fourth-order valence-electron chi connectivity index (χ4n) is 2.93. The number of rotatable bonds is 3. The Morgan fingerprint density at radius 2 is 1.62 bits per heavy atom. The highest BCUT2D eigenvalue weighted by Gasteiger charge is 2.26. The zero-order valence-corrected chi connectivity index (χ0v) is 11.8. The van der Waals surface area contributed by atoms with E-state index in [0.29, 0.717) is 6.42 Å². The highest BCUT2D eigenvalue weighted by Crippen LogP contribution is 2.28. The van der Waals surface area contributed by atoms with Crippen LogP contribution in [0.25, 0.3) is 11.1 Å². The van der Waals surface area contributed by atoms with E-state index in [4.69, 9.17) is 5.11 Å². The standard InChI is InChI=1S/C18H19NO2/c20-18(21)17-8-4-7-16(19-17)15-11-9-14(10-12-15)13-5-2-1-3-6-13/h1-3,5-6,9-12,16-17,19H,4,7-8H2,(H,20,21). The highest BCUT2D eigenvalue weighted by molar-refractivity contribution is 5.73. The average Bonchev–Trinajstić information content (AvgIpc) is 2.56. The van der Waals surface area contributed by atoms with Gasteiger partial charge in [0.15, 0.2) is 0 Å². The first-order valence-electron chi connectivity index (χ1n) is 7.38. The number of hydrogen-bond donors (Lipinski definition) is 2. The number of carboxylic acids is 1. The van der Waals surface area contributed by atoms with Gasteiger partial charge in [-0.05, 0) is 36.0 Å². The first-order valence-corrected chi connectivity index (χ1v) is 7.38. The zero-order valence-electron chi connectivity index (χ0n) is 11.8. The molecular formula is C18H19NO2. The van der Waals surface area contributed by atoms with Crippen LogP contribution in [0.3, 0.4) is 0 Å². The molecule has 3 nitrogen and oxygen atoms in total. The van der Waals surface area contributed by atoms with E-state index < -0.39 is 12.0 Å². The topological polar surface area (TPSA) is 49.3 Å². The molecule has 0 radical (unpaired) electrons. The maximum atomic E-state index is 11.1. The average molecular weight is 281 g/mol. The minimum absolute atomic E-state index is 0.143. The Hall–Kier alpha value is -2.13. The van der Waals surface area contributed by atoms with Gasteiger partial charge in [-0.1, -0.05) is 54.6 Å². The number of carboxylic acid groups (broad SMARTS) is 1. The Morgan fingerprint density at radius 1 is 0.952 bits per heavy atom. The Balaban J connectivity index is 1.76.